The maximum atomic E-state index is 12.3. The number of nitrogens with one attached hydrogen (secondary N) is 2. The van der Waals surface area contributed by atoms with Crippen molar-refractivity contribution < 1.29 is 19.1 Å². The van der Waals surface area contributed by atoms with Crippen molar-refractivity contribution >= 4 is 35.6 Å². The Kier molecular flexibility index (Phi) is 6.90. The van der Waals surface area contributed by atoms with Crippen LogP contribution in [0.2, 0.25) is 0 Å². The summed E-state index contributed by atoms with van der Waals surface area (Å²) in [6.45, 7) is -0.112. The Morgan fingerprint density at radius 1 is 1.15 bits per heavy atom. The first-order valence-corrected chi connectivity index (χ1v) is 8.32. The van der Waals surface area contributed by atoms with Gasteiger partial charge in [0.2, 0.25) is 0 Å². The molecule has 2 aromatic carbocycles. The zero-order valence-electron chi connectivity index (χ0n) is 14.9. The van der Waals surface area contributed by atoms with Gasteiger partial charge in [-0.3, -0.25) is 9.59 Å². The van der Waals surface area contributed by atoms with Crippen LogP contribution in [0.25, 0.3) is 0 Å². The first-order chi connectivity index (χ1) is 12.5. The van der Waals surface area contributed by atoms with Crippen molar-refractivity contribution in [3.8, 4) is 11.5 Å². The molecule has 0 unspecified atom stereocenters. The summed E-state index contributed by atoms with van der Waals surface area (Å²) in [5.41, 5.74) is 7.19. The Morgan fingerprint density at radius 2 is 1.93 bits per heavy atom. The Balaban J connectivity index is 0.00000261. The summed E-state index contributed by atoms with van der Waals surface area (Å²) in [4.78, 5) is 24.1. The summed E-state index contributed by atoms with van der Waals surface area (Å²) >= 11 is 0. The minimum absolute atomic E-state index is 0. The molecule has 0 heterocycles. The highest BCUT2D eigenvalue weighted by Crippen LogP contribution is 2.30. The van der Waals surface area contributed by atoms with Crippen LogP contribution in [0.1, 0.15) is 23.2 Å². The normalized spacial score (nSPS) is 12.5. The van der Waals surface area contributed by atoms with Crippen LogP contribution in [0.15, 0.2) is 42.5 Å². The van der Waals surface area contributed by atoms with Crippen LogP contribution in [0.4, 0.5) is 11.4 Å². The molecule has 3 rings (SSSR count). The number of ether oxygens (including phenoxy) is 2. The lowest BCUT2D eigenvalue weighted by Gasteiger charge is -2.13. The molecular formula is C19H22ClN3O4. The minimum atomic E-state index is -0.292. The average molecular weight is 392 g/mol. The van der Waals surface area contributed by atoms with E-state index in [0.29, 0.717) is 28.4 Å². The highest BCUT2D eigenvalue weighted by Gasteiger charge is 2.23. The van der Waals surface area contributed by atoms with Gasteiger partial charge in [0.05, 0.1) is 7.11 Å². The number of anilines is 2. The lowest BCUT2D eigenvalue weighted by molar-refractivity contribution is -0.123. The topological polar surface area (TPSA) is 103 Å². The molecule has 8 heteroatoms. The maximum Gasteiger partial charge on any atom is 0.258 e. The van der Waals surface area contributed by atoms with Gasteiger partial charge in [0, 0.05) is 29.0 Å². The fraction of sp³-hybridized carbons (Fsp3) is 0.263. The molecule has 0 atom stereocenters. The smallest absolute Gasteiger partial charge is 0.258 e. The van der Waals surface area contributed by atoms with Crippen LogP contribution in [-0.4, -0.2) is 31.6 Å². The van der Waals surface area contributed by atoms with E-state index in [1.54, 1.807) is 42.5 Å². The number of rotatable bonds is 7. The Morgan fingerprint density at radius 3 is 2.59 bits per heavy atom. The van der Waals surface area contributed by atoms with Gasteiger partial charge in [-0.1, -0.05) is 6.07 Å². The zero-order valence-corrected chi connectivity index (χ0v) is 15.7. The van der Waals surface area contributed by atoms with Gasteiger partial charge < -0.3 is 25.8 Å². The molecule has 2 amide bonds. The second-order valence-electron chi connectivity index (χ2n) is 6.08. The van der Waals surface area contributed by atoms with Gasteiger partial charge in [0.1, 0.15) is 0 Å². The van der Waals surface area contributed by atoms with E-state index >= 15 is 0 Å². The molecule has 1 saturated carbocycles. The van der Waals surface area contributed by atoms with Crippen LogP contribution >= 0.6 is 12.4 Å². The largest absolute Gasteiger partial charge is 0.493 e. The quantitative estimate of drug-likeness (QED) is 0.629. The summed E-state index contributed by atoms with van der Waals surface area (Å²) in [6.07, 6.45) is 2.03. The minimum Gasteiger partial charge on any atom is -0.493 e. The van der Waals surface area contributed by atoms with Gasteiger partial charge in [-0.2, -0.15) is 0 Å². The predicted octanol–water partition coefficient (Wildman–Crippen LogP) is 2.61. The Labute approximate surface area is 163 Å². The molecule has 1 aliphatic carbocycles. The number of nitrogens with two attached hydrogens (primary N) is 1. The van der Waals surface area contributed by atoms with E-state index in [2.05, 4.69) is 10.6 Å². The molecular weight excluding hydrogens is 370 g/mol. The van der Waals surface area contributed by atoms with Gasteiger partial charge in [-0.25, -0.2) is 0 Å². The molecule has 4 N–H and O–H groups in total. The number of carbonyl (C=O) groups is 2. The van der Waals surface area contributed by atoms with Gasteiger partial charge in [-0.15, -0.1) is 12.4 Å². The van der Waals surface area contributed by atoms with Gasteiger partial charge in [-0.05, 0) is 43.2 Å². The SMILES string of the molecule is COc1ccc(NC(=O)c2cccc(N)c2)cc1OCC(=O)NC1CC1.Cl. The lowest BCUT2D eigenvalue weighted by Crippen LogP contribution is -2.30. The Bertz CT molecular complexity index is 824. The van der Waals surface area contributed by atoms with Crippen molar-refractivity contribution in [2.24, 2.45) is 0 Å². The summed E-state index contributed by atoms with van der Waals surface area (Å²) < 4.78 is 10.8. The molecule has 0 aliphatic heterocycles. The zero-order chi connectivity index (χ0) is 18.5. The number of hydrogen-bond donors (Lipinski definition) is 3. The molecule has 0 bridgehead atoms. The number of amides is 2. The third-order valence-corrected chi connectivity index (χ3v) is 3.87. The van der Waals surface area contributed by atoms with E-state index in [1.165, 1.54) is 7.11 Å². The van der Waals surface area contributed by atoms with E-state index in [9.17, 15) is 9.59 Å². The van der Waals surface area contributed by atoms with Gasteiger partial charge in [0.15, 0.2) is 18.1 Å². The van der Waals surface area contributed by atoms with Crippen LogP contribution in [-0.2, 0) is 4.79 Å². The molecule has 144 valence electrons. The number of carbonyl (C=O) groups excluding carboxylic acids is 2. The second-order valence-corrected chi connectivity index (χ2v) is 6.08. The van der Waals surface area contributed by atoms with Crippen molar-refractivity contribution in [3.05, 3.63) is 48.0 Å². The Hall–Kier alpha value is -2.93. The van der Waals surface area contributed by atoms with Crippen molar-refractivity contribution in [1.29, 1.82) is 0 Å². The fourth-order valence-electron chi connectivity index (χ4n) is 2.39. The molecule has 0 saturated heterocycles. The van der Waals surface area contributed by atoms with E-state index in [-0.39, 0.29) is 36.9 Å². The molecule has 7 nitrogen and oxygen atoms in total. The number of methoxy groups -OCH3 is 1. The van der Waals surface area contributed by atoms with Crippen LogP contribution in [0, 0.1) is 0 Å². The van der Waals surface area contributed by atoms with Crippen LogP contribution in [0.3, 0.4) is 0 Å². The van der Waals surface area contributed by atoms with E-state index in [4.69, 9.17) is 15.2 Å². The van der Waals surface area contributed by atoms with Crippen molar-refractivity contribution in [2.75, 3.05) is 24.8 Å². The average Bonchev–Trinajstić information content (AvgIpc) is 3.44. The van der Waals surface area contributed by atoms with E-state index in [1.807, 2.05) is 0 Å². The second kappa shape index (κ2) is 9.14. The predicted molar refractivity (Wildman–Crippen MR) is 106 cm³/mol. The summed E-state index contributed by atoms with van der Waals surface area (Å²) in [6, 6.07) is 12.0. The third kappa shape index (κ3) is 5.79. The first kappa shape index (κ1) is 20.4. The number of halogens is 1. The summed E-state index contributed by atoms with van der Waals surface area (Å²) in [7, 11) is 1.51. The van der Waals surface area contributed by atoms with E-state index < -0.39 is 0 Å². The number of hydrogen-bond acceptors (Lipinski definition) is 5. The molecule has 27 heavy (non-hydrogen) atoms. The van der Waals surface area contributed by atoms with Crippen LogP contribution in [0.5, 0.6) is 11.5 Å². The van der Waals surface area contributed by atoms with Crippen molar-refractivity contribution in [3.63, 3.8) is 0 Å². The fourth-order valence-corrected chi connectivity index (χ4v) is 2.39. The van der Waals surface area contributed by atoms with Crippen LogP contribution < -0.4 is 25.8 Å². The molecule has 2 aromatic rings. The van der Waals surface area contributed by atoms with Crippen molar-refractivity contribution in [1.82, 2.24) is 5.32 Å². The van der Waals surface area contributed by atoms with E-state index in [0.717, 1.165) is 12.8 Å². The van der Waals surface area contributed by atoms with Gasteiger partial charge in [0.25, 0.3) is 11.8 Å². The molecule has 0 aromatic heterocycles. The molecule has 1 aliphatic rings. The number of benzene rings is 2. The van der Waals surface area contributed by atoms with Gasteiger partial charge >= 0.3 is 0 Å². The molecule has 0 spiro atoms. The summed E-state index contributed by atoms with van der Waals surface area (Å²) in [5.74, 6) is 0.388. The highest BCUT2D eigenvalue weighted by molar-refractivity contribution is 6.04. The number of nitrogen functional groups attached to an aromatic ring is 1. The summed E-state index contributed by atoms with van der Waals surface area (Å²) in [5, 5.41) is 5.63. The van der Waals surface area contributed by atoms with Crippen molar-refractivity contribution in [2.45, 2.75) is 18.9 Å². The standard InChI is InChI=1S/C19H21N3O4.ClH/c1-25-16-8-7-15(22-19(24)12-3-2-4-13(20)9-12)10-17(16)26-11-18(23)21-14-5-6-14;/h2-4,7-10,14H,5-6,11,20H2,1H3,(H,21,23)(H,22,24);1H. The molecule has 0 radical (unpaired) electrons. The maximum absolute atomic E-state index is 12.3. The first-order valence-electron chi connectivity index (χ1n) is 8.32. The lowest BCUT2D eigenvalue weighted by atomic mass is 10.2. The monoisotopic (exact) mass is 391 g/mol. The third-order valence-electron chi connectivity index (χ3n) is 3.87. The molecule has 1 fully saturated rings. The highest BCUT2D eigenvalue weighted by atomic mass is 35.5.